The fourth-order valence-electron chi connectivity index (χ4n) is 6.26. The van der Waals surface area contributed by atoms with Crippen molar-refractivity contribution in [1.29, 1.82) is 0 Å². The van der Waals surface area contributed by atoms with Gasteiger partial charge in [-0.3, -0.25) is 9.59 Å². The second kappa shape index (κ2) is 9.61. The third-order valence-electron chi connectivity index (χ3n) is 8.39. The van der Waals surface area contributed by atoms with Gasteiger partial charge in [0.05, 0.1) is 17.8 Å². The summed E-state index contributed by atoms with van der Waals surface area (Å²) in [5, 5.41) is 18.8. The first-order valence-corrected chi connectivity index (χ1v) is 13.3. The Morgan fingerprint density at radius 3 is 2.70 bits per heavy atom. The van der Waals surface area contributed by atoms with Crippen molar-refractivity contribution in [3.8, 4) is 0 Å². The lowest BCUT2D eigenvalue weighted by atomic mass is 9.72. The number of carbonyl (C=O) groups is 2. The van der Waals surface area contributed by atoms with Crippen LogP contribution in [0.2, 0.25) is 0 Å². The highest BCUT2D eigenvalue weighted by Gasteiger charge is 2.35. The summed E-state index contributed by atoms with van der Waals surface area (Å²) in [6, 6.07) is 14.4. The molecule has 7 nitrogen and oxygen atoms in total. The van der Waals surface area contributed by atoms with Gasteiger partial charge in [0.2, 0.25) is 0 Å². The van der Waals surface area contributed by atoms with Crippen LogP contribution in [0.4, 0.5) is 0 Å². The minimum absolute atomic E-state index is 0.00307. The van der Waals surface area contributed by atoms with E-state index in [4.69, 9.17) is 0 Å². The molecule has 3 unspecified atom stereocenters. The summed E-state index contributed by atoms with van der Waals surface area (Å²) in [5.74, 6) is -0.911. The molecule has 9 rings (SSSR count). The van der Waals surface area contributed by atoms with Gasteiger partial charge in [-0.2, -0.15) is 0 Å². The first-order chi connectivity index (χ1) is 18.0. The van der Waals surface area contributed by atoms with Gasteiger partial charge in [-0.1, -0.05) is 48.5 Å². The van der Waals surface area contributed by atoms with Crippen LogP contribution in [0.25, 0.3) is 6.08 Å². The van der Waals surface area contributed by atoms with Crippen molar-refractivity contribution in [2.75, 3.05) is 6.54 Å². The first-order valence-electron chi connectivity index (χ1n) is 13.3. The maximum Gasteiger partial charge on any atom is 0.303 e. The van der Waals surface area contributed by atoms with E-state index in [1.165, 1.54) is 11.1 Å². The van der Waals surface area contributed by atoms with Gasteiger partial charge in [-0.05, 0) is 72.1 Å². The molecule has 0 radical (unpaired) electrons. The number of nitrogens with zero attached hydrogens (tertiary/aromatic N) is 4. The van der Waals surface area contributed by atoms with Crippen LogP contribution in [0.3, 0.4) is 0 Å². The Hall–Kier alpha value is -3.74. The monoisotopic (exact) mass is 496 g/mol. The molecule has 0 fully saturated rings. The summed E-state index contributed by atoms with van der Waals surface area (Å²) >= 11 is 0. The second-order valence-corrected chi connectivity index (χ2v) is 10.7. The van der Waals surface area contributed by atoms with Gasteiger partial charge in [-0.25, -0.2) is 4.68 Å². The van der Waals surface area contributed by atoms with Gasteiger partial charge >= 0.3 is 5.97 Å². The molecule has 1 N–H and O–H groups in total. The maximum atomic E-state index is 13.3. The van der Waals surface area contributed by atoms with E-state index in [0.29, 0.717) is 13.1 Å². The van der Waals surface area contributed by atoms with Crippen molar-refractivity contribution < 1.29 is 14.7 Å². The van der Waals surface area contributed by atoms with Gasteiger partial charge in [0.25, 0.3) is 5.91 Å². The lowest BCUT2D eigenvalue weighted by Gasteiger charge is -2.33. The van der Waals surface area contributed by atoms with Crippen LogP contribution in [-0.2, 0) is 30.7 Å². The van der Waals surface area contributed by atoms with Crippen molar-refractivity contribution in [3.63, 3.8) is 0 Å². The van der Waals surface area contributed by atoms with Crippen molar-refractivity contribution in [3.05, 3.63) is 87.7 Å². The number of allylic oxidation sites excluding steroid dienone is 1. The van der Waals surface area contributed by atoms with Crippen LogP contribution in [-0.4, -0.2) is 43.4 Å². The Morgan fingerprint density at radius 1 is 1.05 bits per heavy atom. The topological polar surface area (TPSA) is 88.3 Å². The minimum Gasteiger partial charge on any atom is -0.481 e. The summed E-state index contributed by atoms with van der Waals surface area (Å²) in [4.78, 5) is 27.2. The Labute approximate surface area is 216 Å². The largest absolute Gasteiger partial charge is 0.481 e. The van der Waals surface area contributed by atoms with Gasteiger partial charge in [0, 0.05) is 37.0 Å². The molecule has 37 heavy (non-hydrogen) atoms. The molecule has 6 aliphatic rings. The average molecular weight is 497 g/mol. The number of aromatic nitrogens is 3. The maximum absolute atomic E-state index is 13.3. The van der Waals surface area contributed by atoms with Crippen molar-refractivity contribution >= 4 is 18.0 Å². The van der Waals surface area contributed by atoms with E-state index < -0.39 is 5.97 Å². The van der Waals surface area contributed by atoms with E-state index in [9.17, 15) is 14.7 Å². The van der Waals surface area contributed by atoms with E-state index in [1.54, 1.807) is 0 Å². The van der Waals surface area contributed by atoms with Crippen LogP contribution in [0, 0.1) is 5.92 Å². The molecule has 2 aromatic carbocycles. The third kappa shape index (κ3) is 4.47. The molecule has 3 aromatic rings. The number of carboxylic acids is 1. The minimum atomic E-state index is -0.813. The van der Waals surface area contributed by atoms with Crippen LogP contribution in [0.1, 0.15) is 82.0 Å². The Kier molecular flexibility index (Phi) is 6.14. The highest BCUT2D eigenvalue weighted by atomic mass is 16.4. The molecule has 1 amide bonds. The predicted octanol–water partition coefficient (Wildman–Crippen LogP) is 4.82. The number of hydrogen-bond donors (Lipinski definition) is 1. The Balaban J connectivity index is 1.41. The second-order valence-electron chi connectivity index (χ2n) is 10.7. The number of carboxylic acid groups (broad SMARTS) is 1. The smallest absolute Gasteiger partial charge is 0.303 e. The molecule has 190 valence electrons. The van der Waals surface area contributed by atoms with Crippen molar-refractivity contribution in [2.24, 2.45) is 5.92 Å². The van der Waals surface area contributed by atoms with Gasteiger partial charge < -0.3 is 10.0 Å². The molecular formula is C30H32N4O3. The van der Waals surface area contributed by atoms with Gasteiger partial charge in [-0.15, -0.1) is 5.10 Å². The number of carbonyl (C=O) groups excluding carboxylic acids is 1. The fourth-order valence-corrected chi connectivity index (χ4v) is 6.26. The normalized spacial score (nSPS) is 23.0. The number of aryl methyl sites for hydroxylation is 2. The zero-order chi connectivity index (χ0) is 25.5. The van der Waals surface area contributed by atoms with Gasteiger partial charge in [0.1, 0.15) is 0 Å². The Morgan fingerprint density at radius 2 is 1.89 bits per heavy atom. The molecule has 1 aliphatic carbocycles. The predicted molar refractivity (Wildman–Crippen MR) is 140 cm³/mol. The number of benzene rings is 2. The fraction of sp³-hybridized carbons (Fsp3) is 0.400. The highest BCUT2D eigenvalue weighted by molar-refractivity contribution is 5.94. The Bertz CT molecular complexity index is 1370. The average Bonchev–Trinajstić information content (AvgIpc) is 3.33. The SMILES string of the molecule is CC1c2nnn3c2C=CC1C(CC(=O)O)c1ccc2c(c1)CN(CC2)C(=O)c1ccc(cc1)CCCC3. The van der Waals surface area contributed by atoms with Crippen LogP contribution < -0.4 is 0 Å². The van der Waals surface area contributed by atoms with E-state index >= 15 is 0 Å². The standard InChI is InChI=1S/C30H32N4O3/c1-19-25-11-12-27-29(19)31-32-34(27)14-3-2-4-20-5-7-22(8-6-20)30(37)33-15-13-21-9-10-23(16-24(21)18-33)26(25)17-28(35)36/h5-12,16,19,25-26H,2-4,13-15,17-18H2,1H3,(H,35,36). The van der Waals surface area contributed by atoms with Crippen LogP contribution >= 0.6 is 0 Å². The van der Waals surface area contributed by atoms with Crippen LogP contribution in [0.5, 0.6) is 0 Å². The van der Waals surface area contributed by atoms with Gasteiger partial charge in [0.15, 0.2) is 0 Å². The van der Waals surface area contributed by atoms with E-state index in [2.05, 4.69) is 59.7 Å². The molecule has 7 heteroatoms. The molecule has 3 atom stereocenters. The van der Waals surface area contributed by atoms with Crippen molar-refractivity contribution in [1.82, 2.24) is 19.9 Å². The summed E-state index contributed by atoms with van der Waals surface area (Å²) in [7, 11) is 0. The molecule has 0 saturated carbocycles. The number of aliphatic carboxylic acids is 1. The molecule has 5 aliphatic heterocycles. The molecule has 0 spiro atoms. The van der Waals surface area contributed by atoms with E-state index in [-0.39, 0.29) is 30.1 Å². The molecule has 1 aromatic heterocycles. The summed E-state index contributed by atoms with van der Waals surface area (Å²) in [5.41, 5.74) is 7.29. The van der Waals surface area contributed by atoms with Crippen molar-refractivity contribution in [2.45, 2.75) is 64.0 Å². The number of hydrogen-bond acceptors (Lipinski definition) is 4. The van der Waals surface area contributed by atoms with E-state index in [0.717, 1.165) is 60.3 Å². The van der Waals surface area contributed by atoms with E-state index in [1.807, 2.05) is 21.7 Å². The number of rotatable bonds is 2. The quantitative estimate of drug-likeness (QED) is 0.550. The molecule has 6 heterocycles. The highest BCUT2D eigenvalue weighted by Crippen LogP contribution is 2.43. The molecule has 9 bridgehead atoms. The first kappa shape index (κ1) is 23.6. The summed E-state index contributed by atoms with van der Waals surface area (Å²) < 4.78 is 1.98. The zero-order valence-electron chi connectivity index (χ0n) is 21.1. The third-order valence-corrected chi connectivity index (χ3v) is 8.39. The van der Waals surface area contributed by atoms with Crippen LogP contribution in [0.15, 0.2) is 48.5 Å². The lowest BCUT2D eigenvalue weighted by Crippen LogP contribution is -2.36. The number of amides is 1. The molecule has 0 saturated heterocycles. The summed E-state index contributed by atoms with van der Waals surface area (Å²) in [6.45, 7) is 4.15. The zero-order valence-corrected chi connectivity index (χ0v) is 21.1. The molecular weight excluding hydrogens is 464 g/mol. The lowest BCUT2D eigenvalue weighted by molar-refractivity contribution is -0.137. The summed E-state index contributed by atoms with van der Waals surface area (Å²) in [6.07, 6.45) is 8.04.